The maximum atomic E-state index is 13.9. The van der Waals surface area contributed by atoms with E-state index in [1.165, 1.54) is 36.5 Å². The molecule has 144 valence electrons. The summed E-state index contributed by atoms with van der Waals surface area (Å²) < 4.78 is 54.3. The van der Waals surface area contributed by atoms with E-state index in [2.05, 4.69) is 15.0 Å². The van der Waals surface area contributed by atoms with E-state index in [1.54, 1.807) is 0 Å². The van der Waals surface area contributed by atoms with Crippen LogP contribution in [0.4, 0.5) is 14.5 Å². The van der Waals surface area contributed by atoms with Crippen LogP contribution < -0.4 is 10.0 Å². The zero-order valence-corrected chi connectivity index (χ0v) is 15.3. The Balaban J connectivity index is 1.58. The summed E-state index contributed by atoms with van der Waals surface area (Å²) in [7, 11) is -3.61. The smallest absolute Gasteiger partial charge is 0.255 e. The molecule has 1 aliphatic rings. The number of hydrogen-bond acceptors (Lipinski definition) is 4. The maximum absolute atomic E-state index is 13.9. The number of carbonyl (C=O) groups is 1. The van der Waals surface area contributed by atoms with Gasteiger partial charge in [-0.3, -0.25) is 9.78 Å². The number of anilines is 1. The molecular formula is C19H15F2N3O3S. The number of aromatic nitrogens is 1. The first-order valence-electron chi connectivity index (χ1n) is 8.51. The summed E-state index contributed by atoms with van der Waals surface area (Å²) in [5.41, 5.74) is 0.333. The molecule has 2 aromatic carbocycles. The van der Waals surface area contributed by atoms with Gasteiger partial charge >= 0.3 is 0 Å². The van der Waals surface area contributed by atoms with Gasteiger partial charge in [0.1, 0.15) is 11.3 Å². The lowest BCUT2D eigenvalue weighted by Gasteiger charge is -2.10. The highest BCUT2D eigenvalue weighted by Gasteiger charge is 2.28. The largest absolute Gasteiger partial charge is 0.321 e. The zero-order chi connectivity index (χ0) is 19.9. The molecule has 0 spiro atoms. The van der Waals surface area contributed by atoms with E-state index >= 15 is 0 Å². The van der Waals surface area contributed by atoms with Gasteiger partial charge in [-0.1, -0.05) is 0 Å². The number of sulfonamides is 1. The summed E-state index contributed by atoms with van der Waals surface area (Å²) in [6.07, 6.45) is 2.94. The molecule has 0 radical (unpaired) electrons. The first-order chi connectivity index (χ1) is 13.3. The summed E-state index contributed by atoms with van der Waals surface area (Å²) in [5, 5.41) is 2.70. The number of pyridine rings is 1. The summed E-state index contributed by atoms with van der Waals surface area (Å²) in [4.78, 5) is 16.4. The molecule has 3 aromatic rings. The summed E-state index contributed by atoms with van der Waals surface area (Å²) in [6.45, 7) is 0. The third-order valence-corrected chi connectivity index (χ3v) is 5.87. The average molecular weight is 403 g/mol. The molecule has 0 aliphatic heterocycles. The molecule has 2 N–H and O–H groups in total. The molecule has 0 atom stereocenters. The highest BCUT2D eigenvalue weighted by Crippen LogP contribution is 2.26. The van der Waals surface area contributed by atoms with Gasteiger partial charge in [0.05, 0.1) is 10.6 Å². The number of carbonyl (C=O) groups excluding carboxylic acids is 1. The molecule has 0 unspecified atom stereocenters. The molecule has 1 saturated carbocycles. The van der Waals surface area contributed by atoms with Gasteiger partial charge in [0.2, 0.25) is 10.0 Å². The van der Waals surface area contributed by atoms with Gasteiger partial charge < -0.3 is 5.32 Å². The molecule has 1 aromatic heterocycles. The lowest BCUT2D eigenvalue weighted by Crippen LogP contribution is -2.25. The van der Waals surface area contributed by atoms with Gasteiger partial charge in [0.25, 0.3) is 5.91 Å². The molecular weight excluding hydrogens is 388 g/mol. The summed E-state index contributed by atoms with van der Waals surface area (Å²) in [5.74, 6) is -2.16. The number of benzene rings is 2. The van der Waals surface area contributed by atoms with Crippen LogP contribution in [0.2, 0.25) is 0 Å². The highest BCUT2D eigenvalue weighted by atomic mass is 32.2. The van der Waals surface area contributed by atoms with Gasteiger partial charge in [-0.2, -0.15) is 0 Å². The summed E-state index contributed by atoms with van der Waals surface area (Å²) >= 11 is 0. The van der Waals surface area contributed by atoms with Crippen molar-refractivity contribution in [3.63, 3.8) is 0 Å². The molecule has 4 rings (SSSR count). The first kappa shape index (κ1) is 18.5. The fraction of sp³-hybridized carbons (Fsp3) is 0.158. The van der Waals surface area contributed by atoms with E-state index in [0.29, 0.717) is 0 Å². The van der Waals surface area contributed by atoms with Crippen molar-refractivity contribution in [2.75, 3.05) is 5.32 Å². The van der Waals surface area contributed by atoms with Crippen LogP contribution in [0.1, 0.15) is 23.2 Å². The van der Waals surface area contributed by atoms with Crippen molar-refractivity contribution in [1.29, 1.82) is 0 Å². The second kappa shape index (κ2) is 6.92. The number of rotatable bonds is 5. The van der Waals surface area contributed by atoms with E-state index in [1.807, 2.05) is 0 Å². The third-order valence-electron chi connectivity index (χ3n) is 4.34. The van der Waals surface area contributed by atoms with Gasteiger partial charge in [-0.15, -0.1) is 0 Å². The second-order valence-corrected chi connectivity index (χ2v) is 8.23. The number of nitrogens with zero attached hydrogens (tertiary/aromatic N) is 1. The van der Waals surface area contributed by atoms with E-state index in [4.69, 9.17) is 0 Å². The minimum atomic E-state index is -3.61. The van der Waals surface area contributed by atoms with Crippen molar-refractivity contribution in [1.82, 2.24) is 9.71 Å². The Morgan fingerprint density at radius 3 is 2.46 bits per heavy atom. The molecule has 1 fully saturated rings. The highest BCUT2D eigenvalue weighted by molar-refractivity contribution is 7.89. The Labute approximate surface area is 159 Å². The van der Waals surface area contributed by atoms with Crippen LogP contribution in [0.25, 0.3) is 10.9 Å². The second-order valence-electron chi connectivity index (χ2n) is 6.52. The first-order valence-corrected chi connectivity index (χ1v) is 9.99. The standard InChI is InChI=1S/C19H15F2N3O3S/c20-12-9-15-17(7-8-22-18(15)16(21)10-12)23-19(25)11-1-5-14(6-2-11)28(26,27)24-13-3-4-13/h1-2,5-10,13,24H,3-4H2,(H,22,23,25). The van der Waals surface area contributed by atoms with Crippen LogP contribution in [0, 0.1) is 11.6 Å². The maximum Gasteiger partial charge on any atom is 0.255 e. The topological polar surface area (TPSA) is 88.2 Å². The van der Waals surface area contributed by atoms with Gasteiger partial charge in [-0.25, -0.2) is 21.9 Å². The number of nitrogens with one attached hydrogen (secondary N) is 2. The zero-order valence-electron chi connectivity index (χ0n) is 14.4. The van der Waals surface area contributed by atoms with Crippen molar-refractivity contribution in [3.8, 4) is 0 Å². The van der Waals surface area contributed by atoms with Crippen molar-refractivity contribution >= 4 is 32.5 Å². The van der Waals surface area contributed by atoms with Gasteiger partial charge in [0.15, 0.2) is 5.82 Å². The Bertz CT molecular complexity index is 1180. The van der Waals surface area contributed by atoms with E-state index in [0.717, 1.165) is 25.0 Å². The molecule has 1 aliphatic carbocycles. The molecule has 0 bridgehead atoms. The van der Waals surface area contributed by atoms with Crippen LogP contribution in [-0.4, -0.2) is 25.4 Å². The Kier molecular flexibility index (Phi) is 4.56. The third kappa shape index (κ3) is 3.71. The van der Waals surface area contributed by atoms with Crippen LogP contribution in [0.3, 0.4) is 0 Å². The fourth-order valence-corrected chi connectivity index (χ4v) is 4.06. The lowest BCUT2D eigenvalue weighted by molar-refractivity contribution is 0.102. The molecule has 9 heteroatoms. The molecule has 1 amide bonds. The fourth-order valence-electron chi connectivity index (χ4n) is 2.76. The Morgan fingerprint density at radius 1 is 1.07 bits per heavy atom. The number of amides is 1. The van der Waals surface area contributed by atoms with E-state index in [-0.39, 0.29) is 33.1 Å². The van der Waals surface area contributed by atoms with Crippen LogP contribution in [-0.2, 0) is 10.0 Å². The average Bonchev–Trinajstić information content (AvgIpc) is 3.46. The molecule has 1 heterocycles. The lowest BCUT2D eigenvalue weighted by atomic mass is 10.1. The normalized spacial score (nSPS) is 14.2. The number of hydrogen-bond donors (Lipinski definition) is 2. The minimum absolute atomic E-state index is 0.0197. The number of fused-ring (bicyclic) bond motifs is 1. The molecule has 0 saturated heterocycles. The van der Waals surface area contributed by atoms with Crippen LogP contribution >= 0.6 is 0 Å². The molecule has 28 heavy (non-hydrogen) atoms. The van der Waals surface area contributed by atoms with E-state index < -0.39 is 27.6 Å². The minimum Gasteiger partial charge on any atom is -0.321 e. The monoisotopic (exact) mass is 403 g/mol. The van der Waals surface area contributed by atoms with Crippen LogP contribution in [0.5, 0.6) is 0 Å². The molecule has 6 nitrogen and oxygen atoms in total. The van der Waals surface area contributed by atoms with Crippen molar-refractivity contribution < 1.29 is 22.0 Å². The van der Waals surface area contributed by atoms with Gasteiger partial charge in [-0.05, 0) is 49.2 Å². The predicted octanol–water partition coefficient (Wildman–Crippen LogP) is 3.21. The van der Waals surface area contributed by atoms with E-state index in [9.17, 15) is 22.0 Å². The number of halogens is 2. The predicted molar refractivity (Wildman–Crippen MR) is 99.4 cm³/mol. The SMILES string of the molecule is O=C(Nc1ccnc2c(F)cc(F)cc12)c1ccc(S(=O)(=O)NC2CC2)cc1. The summed E-state index contributed by atoms with van der Waals surface area (Å²) in [6, 6.07) is 8.64. The van der Waals surface area contributed by atoms with Crippen molar-refractivity contribution in [2.24, 2.45) is 0 Å². The van der Waals surface area contributed by atoms with Crippen LogP contribution in [0.15, 0.2) is 53.6 Å². The van der Waals surface area contributed by atoms with Crippen molar-refractivity contribution in [2.45, 2.75) is 23.8 Å². The van der Waals surface area contributed by atoms with Gasteiger partial charge in [0, 0.05) is 29.3 Å². The quantitative estimate of drug-likeness (QED) is 0.685. The Hall–Kier alpha value is -2.91. The van der Waals surface area contributed by atoms with Crippen molar-refractivity contribution in [3.05, 3.63) is 65.9 Å². The Morgan fingerprint density at radius 2 is 1.79 bits per heavy atom.